The third-order valence-electron chi connectivity index (χ3n) is 4.33. The lowest BCUT2D eigenvalue weighted by Crippen LogP contribution is -2.29. The summed E-state index contributed by atoms with van der Waals surface area (Å²) in [5.41, 5.74) is 8.41. The first kappa shape index (κ1) is 16.5. The van der Waals surface area contributed by atoms with E-state index in [4.69, 9.17) is 5.73 Å². The van der Waals surface area contributed by atoms with Crippen molar-refractivity contribution in [2.45, 2.75) is 0 Å². The molecule has 3 aromatic carbocycles. The van der Waals surface area contributed by atoms with Gasteiger partial charge in [0.25, 0.3) is 17.7 Å². The summed E-state index contributed by atoms with van der Waals surface area (Å²) in [6.45, 7) is 0. The minimum atomic E-state index is -0.354. The van der Waals surface area contributed by atoms with E-state index in [9.17, 15) is 14.4 Å². The Kier molecular flexibility index (Phi) is 3.93. The number of nitrogens with one attached hydrogen (secondary N) is 1. The van der Waals surface area contributed by atoms with Crippen molar-refractivity contribution in [3.63, 3.8) is 0 Å². The van der Waals surface area contributed by atoms with E-state index in [1.807, 2.05) is 0 Å². The van der Waals surface area contributed by atoms with E-state index in [2.05, 4.69) is 5.32 Å². The number of nitrogen functional groups attached to an aromatic ring is 1. The molecular weight excluding hydrogens is 342 g/mol. The van der Waals surface area contributed by atoms with Gasteiger partial charge in [-0.05, 0) is 54.6 Å². The number of imide groups is 1. The van der Waals surface area contributed by atoms with Gasteiger partial charge in [0.2, 0.25) is 0 Å². The highest BCUT2D eigenvalue weighted by molar-refractivity contribution is 6.34. The van der Waals surface area contributed by atoms with Crippen LogP contribution in [0.1, 0.15) is 31.1 Å². The van der Waals surface area contributed by atoms with Crippen LogP contribution in [-0.2, 0) is 0 Å². The molecule has 4 rings (SSSR count). The number of carbonyl (C=O) groups is 3. The zero-order chi connectivity index (χ0) is 19.0. The van der Waals surface area contributed by atoms with Crippen LogP contribution in [0, 0.1) is 0 Å². The molecule has 0 fully saturated rings. The van der Waals surface area contributed by atoms with Crippen molar-refractivity contribution in [2.75, 3.05) is 16.0 Å². The lowest BCUT2D eigenvalue weighted by molar-refractivity contribution is 0.0924. The zero-order valence-electron chi connectivity index (χ0n) is 14.2. The molecule has 3 N–H and O–H groups in total. The Hall–Kier alpha value is -3.93. The average Bonchev–Trinajstić information content (AvgIpc) is 2.93. The summed E-state index contributed by atoms with van der Waals surface area (Å²) in [7, 11) is 0. The van der Waals surface area contributed by atoms with Crippen molar-refractivity contribution >= 4 is 34.8 Å². The molecular formula is C21H15N3O3. The van der Waals surface area contributed by atoms with Crippen LogP contribution in [0.15, 0.2) is 72.8 Å². The molecule has 132 valence electrons. The molecule has 0 unspecified atom stereocenters. The quantitative estimate of drug-likeness (QED) is 0.555. The van der Waals surface area contributed by atoms with Crippen molar-refractivity contribution in [3.8, 4) is 0 Å². The molecule has 6 nitrogen and oxygen atoms in total. The molecule has 0 bridgehead atoms. The molecule has 1 aliphatic rings. The highest BCUT2D eigenvalue weighted by Gasteiger charge is 2.36. The van der Waals surface area contributed by atoms with Crippen LogP contribution in [0.25, 0.3) is 0 Å². The van der Waals surface area contributed by atoms with Crippen LogP contribution in [0.4, 0.5) is 17.1 Å². The molecule has 27 heavy (non-hydrogen) atoms. The van der Waals surface area contributed by atoms with Crippen LogP contribution >= 0.6 is 0 Å². The summed E-state index contributed by atoms with van der Waals surface area (Å²) < 4.78 is 0. The molecule has 0 saturated heterocycles. The second kappa shape index (κ2) is 6.42. The van der Waals surface area contributed by atoms with E-state index in [1.54, 1.807) is 72.8 Å². The molecule has 0 atom stereocenters. The van der Waals surface area contributed by atoms with E-state index < -0.39 is 0 Å². The van der Waals surface area contributed by atoms with Crippen molar-refractivity contribution in [1.29, 1.82) is 0 Å². The molecule has 3 aromatic rings. The van der Waals surface area contributed by atoms with Gasteiger partial charge in [-0.15, -0.1) is 0 Å². The number of rotatable bonds is 3. The number of nitrogens with zero attached hydrogens (tertiary/aromatic N) is 1. The fourth-order valence-electron chi connectivity index (χ4n) is 3.00. The van der Waals surface area contributed by atoms with E-state index >= 15 is 0 Å². The highest BCUT2D eigenvalue weighted by Crippen LogP contribution is 2.29. The number of benzene rings is 3. The monoisotopic (exact) mass is 357 g/mol. The Morgan fingerprint density at radius 2 is 1.44 bits per heavy atom. The lowest BCUT2D eigenvalue weighted by atomic mass is 10.1. The molecule has 0 spiro atoms. The van der Waals surface area contributed by atoms with Gasteiger partial charge in [0, 0.05) is 16.9 Å². The second-order valence-corrected chi connectivity index (χ2v) is 6.12. The summed E-state index contributed by atoms with van der Waals surface area (Å²) >= 11 is 0. The molecule has 0 radical (unpaired) electrons. The molecule has 6 heteroatoms. The second-order valence-electron chi connectivity index (χ2n) is 6.12. The van der Waals surface area contributed by atoms with Crippen LogP contribution in [0.2, 0.25) is 0 Å². The number of amides is 3. The number of hydrogen-bond donors (Lipinski definition) is 2. The minimum Gasteiger partial charge on any atom is -0.399 e. The normalized spacial score (nSPS) is 12.8. The van der Waals surface area contributed by atoms with Gasteiger partial charge in [-0.1, -0.05) is 18.2 Å². The first-order valence-electron chi connectivity index (χ1n) is 8.29. The van der Waals surface area contributed by atoms with Crippen molar-refractivity contribution in [2.24, 2.45) is 0 Å². The zero-order valence-corrected chi connectivity index (χ0v) is 14.2. The van der Waals surface area contributed by atoms with Gasteiger partial charge in [0.05, 0.1) is 16.8 Å². The Morgan fingerprint density at radius 3 is 2.04 bits per heavy atom. The topological polar surface area (TPSA) is 92.5 Å². The largest absolute Gasteiger partial charge is 0.399 e. The third kappa shape index (κ3) is 2.93. The van der Waals surface area contributed by atoms with Crippen LogP contribution in [-0.4, -0.2) is 17.7 Å². The summed E-state index contributed by atoms with van der Waals surface area (Å²) in [4.78, 5) is 38.4. The molecule has 3 amide bonds. The summed E-state index contributed by atoms with van der Waals surface area (Å²) in [6.07, 6.45) is 0. The average molecular weight is 357 g/mol. The molecule has 0 aromatic heterocycles. The van der Waals surface area contributed by atoms with E-state index in [1.165, 1.54) is 0 Å². The van der Waals surface area contributed by atoms with Gasteiger partial charge in [0.15, 0.2) is 0 Å². The van der Waals surface area contributed by atoms with Gasteiger partial charge in [-0.25, -0.2) is 4.90 Å². The predicted molar refractivity (Wildman–Crippen MR) is 103 cm³/mol. The van der Waals surface area contributed by atoms with Gasteiger partial charge < -0.3 is 11.1 Å². The van der Waals surface area contributed by atoms with Gasteiger partial charge >= 0.3 is 0 Å². The minimum absolute atomic E-state index is 0.296. The Labute approximate surface area is 155 Å². The first-order valence-corrected chi connectivity index (χ1v) is 8.29. The summed E-state index contributed by atoms with van der Waals surface area (Å²) in [6, 6.07) is 19.9. The maximum atomic E-state index is 12.5. The number of carbonyl (C=O) groups excluding carboxylic acids is 3. The molecule has 0 aliphatic carbocycles. The number of hydrogen-bond acceptors (Lipinski definition) is 4. The first-order chi connectivity index (χ1) is 13.0. The maximum absolute atomic E-state index is 12.5. The van der Waals surface area contributed by atoms with E-state index in [0.29, 0.717) is 33.8 Å². The number of anilines is 3. The van der Waals surface area contributed by atoms with Gasteiger partial charge in [0.1, 0.15) is 0 Å². The number of fused-ring (bicyclic) bond motifs is 1. The van der Waals surface area contributed by atoms with Crippen LogP contribution in [0.3, 0.4) is 0 Å². The summed E-state index contributed by atoms with van der Waals surface area (Å²) in [5, 5.41) is 2.76. The molecule has 0 saturated carbocycles. The Morgan fingerprint density at radius 1 is 0.815 bits per heavy atom. The fourth-order valence-corrected chi connectivity index (χ4v) is 3.00. The highest BCUT2D eigenvalue weighted by atomic mass is 16.2. The number of nitrogens with two attached hydrogens (primary N) is 1. The van der Waals surface area contributed by atoms with Gasteiger partial charge in [-0.3, -0.25) is 14.4 Å². The Bertz CT molecular complexity index is 1040. The van der Waals surface area contributed by atoms with Crippen molar-refractivity contribution in [1.82, 2.24) is 0 Å². The Balaban J connectivity index is 1.54. The van der Waals surface area contributed by atoms with Crippen LogP contribution < -0.4 is 16.0 Å². The predicted octanol–water partition coefficient (Wildman–Crippen LogP) is 3.32. The van der Waals surface area contributed by atoms with Crippen LogP contribution in [0.5, 0.6) is 0 Å². The smallest absolute Gasteiger partial charge is 0.266 e. The SMILES string of the molecule is Nc1cccc(C(=O)Nc2ccc(N3C(=O)c4ccccc4C3=O)cc2)c1. The third-order valence-corrected chi connectivity index (χ3v) is 4.33. The van der Waals surface area contributed by atoms with Crippen molar-refractivity contribution < 1.29 is 14.4 Å². The maximum Gasteiger partial charge on any atom is 0.266 e. The fraction of sp³-hybridized carbons (Fsp3) is 0. The molecule has 1 aliphatic heterocycles. The van der Waals surface area contributed by atoms with E-state index in [-0.39, 0.29) is 17.7 Å². The van der Waals surface area contributed by atoms with E-state index in [0.717, 1.165) is 4.90 Å². The lowest BCUT2D eigenvalue weighted by Gasteiger charge is -2.14. The standard InChI is InChI=1S/C21H15N3O3/c22-14-5-3-4-13(12-14)19(25)23-15-8-10-16(11-9-15)24-20(26)17-6-1-2-7-18(17)21(24)27/h1-12H,22H2,(H,23,25). The van der Waals surface area contributed by atoms with Gasteiger partial charge in [-0.2, -0.15) is 0 Å². The molecule has 1 heterocycles. The van der Waals surface area contributed by atoms with Crippen molar-refractivity contribution in [3.05, 3.63) is 89.5 Å². The summed E-state index contributed by atoms with van der Waals surface area (Å²) in [5.74, 6) is -1.00.